The van der Waals surface area contributed by atoms with Crippen LogP contribution in [0.4, 0.5) is 11.5 Å². The van der Waals surface area contributed by atoms with E-state index in [9.17, 15) is 10.1 Å². The quantitative estimate of drug-likeness (QED) is 0.674. The number of aryl methyl sites for hydroxylation is 1. The highest BCUT2D eigenvalue weighted by atomic mass is 16.6. The van der Waals surface area contributed by atoms with E-state index >= 15 is 0 Å². The second kappa shape index (κ2) is 6.17. The predicted molar refractivity (Wildman–Crippen MR) is 78.8 cm³/mol. The van der Waals surface area contributed by atoms with Gasteiger partial charge in [0.25, 0.3) is 0 Å². The molecule has 0 spiro atoms. The summed E-state index contributed by atoms with van der Waals surface area (Å²) in [5.74, 6) is 1.13. The van der Waals surface area contributed by atoms with Gasteiger partial charge in [-0.2, -0.15) is 0 Å². The van der Waals surface area contributed by atoms with E-state index in [1.807, 2.05) is 4.90 Å². The number of nitro groups is 1. The van der Waals surface area contributed by atoms with Crippen LogP contribution >= 0.6 is 0 Å². The van der Waals surface area contributed by atoms with E-state index < -0.39 is 0 Å². The third-order valence-corrected chi connectivity index (χ3v) is 4.24. The Balaban J connectivity index is 2.35. The number of aromatic nitrogens is 1. The van der Waals surface area contributed by atoms with Gasteiger partial charge in [-0.15, -0.1) is 0 Å². The Hall–Kier alpha value is -1.69. The van der Waals surface area contributed by atoms with Crippen LogP contribution in [0.1, 0.15) is 31.7 Å². The van der Waals surface area contributed by atoms with Crippen molar-refractivity contribution in [3.8, 4) is 0 Å². The van der Waals surface area contributed by atoms with Crippen LogP contribution in [0.15, 0.2) is 12.3 Å². The van der Waals surface area contributed by atoms with E-state index in [0.717, 1.165) is 25.8 Å². The first-order valence-electron chi connectivity index (χ1n) is 7.15. The molecule has 6 heteroatoms. The van der Waals surface area contributed by atoms with Crippen LogP contribution < -0.4 is 10.6 Å². The summed E-state index contributed by atoms with van der Waals surface area (Å²) in [6, 6.07) is 1.82. The molecule has 6 nitrogen and oxygen atoms in total. The molecule has 2 rings (SSSR count). The molecular weight excluding hydrogens is 256 g/mol. The van der Waals surface area contributed by atoms with Crippen LogP contribution in [-0.4, -0.2) is 29.0 Å². The maximum absolute atomic E-state index is 11.3. The van der Waals surface area contributed by atoms with Gasteiger partial charge >= 0.3 is 5.69 Å². The number of hydrogen-bond donors (Lipinski definition) is 1. The average molecular weight is 278 g/mol. The first-order valence-corrected chi connectivity index (χ1v) is 7.15. The fourth-order valence-electron chi connectivity index (χ4n) is 2.98. The summed E-state index contributed by atoms with van der Waals surface area (Å²) in [6.45, 7) is 5.22. The lowest BCUT2D eigenvalue weighted by atomic mass is 9.88. The molecule has 2 atom stereocenters. The minimum atomic E-state index is -0.336. The van der Waals surface area contributed by atoms with Gasteiger partial charge in [0.15, 0.2) is 0 Å². The zero-order valence-electron chi connectivity index (χ0n) is 12.1. The fraction of sp³-hybridized carbons (Fsp3) is 0.643. The molecule has 2 N–H and O–H groups in total. The van der Waals surface area contributed by atoms with Crippen molar-refractivity contribution >= 4 is 11.5 Å². The summed E-state index contributed by atoms with van der Waals surface area (Å²) in [7, 11) is 0. The molecular formula is C14H22N4O2. The largest absolute Gasteiger partial charge is 0.347 e. The van der Waals surface area contributed by atoms with Crippen molar-refractivity contribution in [1.29, 1.82) is 0 Å². The topological polar surface area (TPSA) is 85.3 Å². The fourth-order valence-corrected chi connectivity index (χ4v) is 2.98. The number of rotatable bonds is 4. The number of anilines is 1. The molecule has 1 aromatic rings. The molecule has 1 aliphatic rings. The van der Waals surface area contributed by atoms with Crippen molar-refractivity contribution in [2.75, 3.05) is 18.0 Å². The van der Waals surface area contributed by atoms with Gasteiger partial charge in [-0.05, 0) is 31.7 Å². The highest BCUT2D eigenvalue weighted by Crippen LogP contribution is 2.34. The van der Waals surface area contributed by atoms with Gasteiger partial charge in [-0.25, -0.2) is 4.98 Å². The van der Waals surface area contributed by atoms with Crippen molar-refractivity contribution in [3.63, 3.8) is 0 Å². The van der Waals surface area contributed by atoms with E-state index in [2.05, 4.69) is 11.9 Å². The lowest BCUT2D eigenvalue weighted by Gasteiger charge is -2.39. The summed E-state index contributed by atoms with van der Waals surface area (Å²) in [4.78, 5) is 17.3. The minimum absolute atomic E-state index is 0.112. The Morgan fingerprint density at radius 1 is 1.60 bits per heavy atom. The molecule has 20 heavy (non-hydrogen) atoms. The normalized spacial score (nSPS) is 22.9. The van der Waals surface area contributed by atoms with Gasteiger partial charge in [0, 0.05) is 30.9 Å². The van der Waals surface area contributed by atoms with Gasteiger partial charge < -0.3 is 10.6 Å². The summed E-state index contributed by atoms with van der Waals surface area (Å²) < 4.78 is 0. The standard InChI is InChI=1S/C14H22N4O2/c1-3-11-5-7-17(12(8-11)9-15)14-13(18(19)20)10(2)4-6-16-14/h4,6,11-12H,3,5,7-9,15H2,1-2H3. The van der Waals surface area contributed by atoms with E-state index in [-0.39, 0.29) is 16.7 Å². The molecule has 1 aromatic heterocycles. The van der Waals surface area contributed by atoms with Crippen molar-refractivity contribution in [1.82, 2.24) is 4.98 Å². The Morgan fingerprint density at radius 3 is 2.95 bits per heavy atom. The van der Waals surface area contributed by atoms with Gasteiger partial charge in [0.05, 0.1) is 4.92 Å². The maximum Gasteiger partial charge on any atom is 0.314 e. The molecule has 1 aliphatic heterocycles. The van der Waals surface area contributed by atoms with Crippen molar-refractivity contribution in [2.45, 2.75) is 39.2 Å². The molecule has 0 aromatic carbocycles. The SMILES string of the molecule is CCC1CCN(c2nccc(C)c2[N+](=O)[O-])C(CN)C1. The predicted octanol–water partition coefficient (Wildman–Crippen LogP) is 2.25. The Kier molecular flexibility index (Phi) is 4.54. The molecule has 2 unspecified atom stereocenters. The molecule has 0 saturated carbocycles. The van der Waals surface area contributed by atoms with Crippen LogP contribution in [0.25, 0.3) is 0 Å². The highest BCUT2D eigenvalue weighted by Gasteiger charge is 2.32. The molecule has 2 heterocycles. The minimum Gasteiger partial charge on any atom is -0.347 e. The molecule has 0 aliphatic carbocycles. The third-order valence-electron chi connectivity index (χ3n) is 4.24. The summed E-state index contributed by atoms with van der Waals surface area (Å²) >= 11 is 0. The van der Waals surface area contributed by atoms with Crippen molar-refractivity contribution < 1.29 is 4.92 Å². The molecule has 1 saturated heterocycles. The third kappa shape index (κ3) is 2.75. The van der Waals surface area contributed by atoms with E-state index in [0.29, 0.717) is 23.8 Å². The molecule has 0 amide bonds. The summed E-state index contributed by atoms with van der Waals surface area (Å²) in [5, 5.41) is 11.3. The van der Waals surface area contributed by atoms with Crippen LogP contribution in [0.5, 0.6) is 0 Å². The Morgan fingerprint density at radius 2 is 2.35 bits per heavy atom. The molecule has 0 radical (unpaired) electrons. The lowest BCUT2D eigenvalue weighted by molar-refractivity contribution is -0.385. The number of nitrogens with zero attached hydrogens (tertiary/aromatic N) is 3. The monoisotopic (exact) mass is 278 g/mol. The van der Waals surface area contributed by atoms with E-state index in [1.165, 1.54) is 0 Å². The maximum atomic E-state index is 11.3. The summed E-state index contributed by atoms with van der Waals surface area (Å²) in [6.07, 6.45) is 4.80. The number of nitrogens with two attached hydrogens (primary N) is 1. The molecule has 1 fully saturated rings. The van der Waals surface area contributed by atoms with Gasteiger partial charge in [-0.3, -0.25) is 10.1 Å². The smallest absolute Gasteiger partial charge is 0.314 e. The highest BCUT2D eigenvalue weighted by molar-refractivity contribution is 5.62. The number of hydrogen-bond acceptors (Lipinski definition) is 5. The van der Waals surface area contributed by atoms with Crippen LogP contribution in [0.2, 0.25) is 0 Å². The van der Waals surface area contributed by atoms with Crippen LogP contribution in [-0.2, 0) is 0 Å². The second-order valence-electron chi connectivity index (χ2n) is 5.44. The number of pyridine rings is 1. The number of piperidine rings is 1. The Bertz CT molecular complexity index is 492. The van der Waals surface area contributed by atoms with Crippen LogP contribution in [0.3, 0.4) is 0 Å². The first kappa shape index (κ1) is 14.7. The molecule has 0 bridgehead atoms. The average Bonchev–Trinajstić information content (AvgIpc) is 2.45. The lowest BCUT2D eigenvalue weighted by Crippen LogP contribution is -2.47. The van der Waals surface area contributed by atoms with Crippen molar-refractivity contribution in [2.24, 2.45) is 11.7 Å². The van der Waals surface area contributed by atoms with Gasteiger partial charge in [0.1, 0.15) is 0 Å². The zero-order valence-corrected chi connectivity index (χ0v) is 12.1. The second-order valence-corrected chi connectivity index (χ2v) is 5.44. The Labute approximate surface area is 119 Å². The van der Waals surface area contributed by atoms with E-state index in [1.54, 1.807) is 19.2 Å². The van der Waals surface area contributed by atoms with Crippen LogP contribution in [0, 0.1) is 23.0 Å². The first-order chi connectivity index (χ1) is 9.58. The zero-order chi connectivity index (χ0) is 14.7. The van der Waals surface area contributed by atoms with E-state index in [4.69, 9.17) is 5.73 Å². The molecule has 110 valence electrons. The van der Waals surface area contributed by atoms with Crippen molar-refractivity contribution in [3.05, 3.63) is 27.9 Å². The summed E-state index contributed by atoms with van der Waals surface area (Å²) in [5.41, 5.74) is 6.63. The van der Waals surface area contributed by atoms with Gasteiger partial charge in [-0.1, -0.05) is 13.3 Å². The van der Waals surface area contributed by atoms with Gasteiger partial charge in [0.2, 0.25) is 5.82 Å².